The van der Waals surface area contributed by atoms with E-state index in [1.807, 2.05) is 48.7 Å². The van der Waals surface area contributed by atoms with Crippen molar-refractivity contribution in [2.24, 2.45) is 0 Å². The summed E-state index contributed by atoms with van der Waals surface area (Å²) >= 11 is 5.96. The van der Waals surface area contributed by atoms with Gasteiger partial charge < -0.3 is 14.1 Å². The van der Waals surface area contributed by atoms with Gasteiger partial charge in [0.2, 0.25) is 5.89 Å². The molecule has 6 heteroatoms. The van der Waals surface area contributed by atoms with E-state index >= 15 is 0 Å². The second-order valence-corrected chi connectivity index (χ2v) is 7.15. The molecule has 1 aliphatic rings. The summed E-state index contributed by atoms with van der Waals surface area (Å²) in [6.07, 6.45) is 1.91. The summed E-state index contributed by atoms with van der Waals surface area (Å²) in [5.74, 6) is 1.57. The Balaban J connectivity index is 1.43. The Morgan fingerprint density at radius 2 is 1.61 bits per heavy atom. The maximum Gasteiger partial charge on any atom is 0.227 e. The summed E-state index contributed by atoms with van der Waals surface area (Å²) in [4.78, 5) is 11.5. The lowest BCUT2D eigenvalue weighted by Gasteiger charge is -2.27. The summed E-state index contributed by atoms with van der Waals surface area (Å²) in [5.41, 5.74) is 4.59. The summed E-state index contributed by atoms with van der Waals surface area (Å²) in [6.45, 7) is 3.26. The molecule has 0 radical (unpaired) electrons. The van der Waals surface area contributed by atoms with E-state index in [2.05, 4.69) is 27.0 Å². The van der Waals surface area contributed by atoms with Crippen molar-refractivity contribution in [3.8, 4) is 22.6 Å². The molecule has 0 aliphatic carbocycles. The maximum atomic E-state index is 5.96. The van der Waals surface area contributed by atoms with Gasteiger partial charge in [-0.1, -0.05) is 17.7 Å². The van der Waals surface area contributed by atoms with E-state index in [-0.39, 0.29) is 0 Å². The number of fused-ring (bicyclic) bond motifs is 1. The van der Waals surface area contributed by atoms with Crippen LogP contribution in [0, 0.1) is 0 Å². The highest BCUT2D eigenvalue weighted by Gasteiger charge is 2.13. The molecule has 0 N–H and O–H groups in total. The number of aromatic nitrogens is 2. The third-order valence-electron chi connectivity index (χ3n) is 4.90. The Morgan fingerprint density at radius 3 is 2.36 bits per heavy atom. The molecular weight excluding hydrogens is 374 g/mol. The van der Waals surface area contributed by atoms with Gasteiger partial charge in [-0.25, -0.2) is 9.97 Å². The minimum absolute atomic E-state index is 0.588. The van der Waals surface area contributed by atoms with Gasteiger partial charge in [-0.15, -0.1) is 0 Å². The number of halogens is 1. The van der Waals surface area contributed by atoms with Crippen LogP contribution in [-0.2, 0) is 4.74 Å². The number of ether oxygens (including phenoxy) is 1. The molecule has 0 spiro atoms. The van der Waals surface area contributed by atoms with Gasteiger partial charge in [-0.2, -0.15) is 0 Å². The van der Waals surface area contributed by atoms with Gasteiger partial charge in [0.15, 0.2) is 5.58 Å². The van der Waals surface area contributed by atoms with Crippen LogP contribution in [-0.4, -0.2) is 36.3 Å². The smallest absolute Gasteiger partial charge is 0.227 e. The number of rotatable bonds is 3. The fraction of sp³-hybridized carbons (Fsp3) is 0.182. The van der Waals surface area contributed by atoms with Gasteiger partial charge in [-0.05, 0) is 54.1 Å². The van der Waals surface area contributed by atoms with Gasteiger partial charge >= 0.3 is 0 Å². The van der Waals surface area contributed by atoms with Crippen LogP contribution in [0.1, 0.15) is 0 Å². The Morgan fingerprint density at radius 1 is 0.857 bits per heavy atom. The molecule has 1 aliphatic heterocycles. The summed E-state index contributed by atoms with van der Waals surface area (Å²) in [7, 11) is 0. The van der Waals surface area contributed by atoms with Crippen LogP contribution in [0.4, 0.5) is 5.82 Å². The van der Waals surface area contributed by atoms with Crippen LogP contribution in [0.3, 0.4) is 0 Å². The topological polar surface area (TPSA) is 51.4 Å². The van der Waals surface area contributed by atoms with Crippen molar-refractivity contribution in [1.29, 1.82) is 0 Å². The molecule has 4 aromatic rings. The summed E-state index contributed by atoms with van der Waals surface area (Å²) in [5, 5.41) is 0.690. The molecule has 0 bridgehead atoms. The van der Waals surface area contributed by atoms with Crippen LogP contribution in [0.2, 0.25) is 5.02 Å². The zero-order valence-corrected chi connectivity index (χ0v) is 15.9. The second kappa shape index (κ2) is 7.26. The van der Waals surface area contributed by atoms with Crippen LogP contribution < -0.4 is 4.90 Å². The molecular formula is C22H18ClN3O2. The van der Waals surface area contributed by atoms with Crippen molar-refractivity contribution in [2.75, 3.05) is 31.2 Å². The molecule has 28 heavy (non-hydrogen) atoms. The van der Waals surface area contributed by atoms with Crippen molar-refractivity contribution in [3.05, 3.63) is 65.8 Å². The molecule has 1 fully saturated rings. The van der Waals surface area contributed by atoms with Crippen molar-refractivity contribution in [2.45, 2.75) is 0 Å². The molecule has 2 aromatic carbocycles. The second-order valence-electron chi connectivity index (χ2n) is 6.71. The standard InChI is InChI=1S/C22H18ClN3O2/c23-18-5-1-15(2-6-18)22-25-19-13-16(3-7-20(19)28-22)17-4-8-21(24-14-17)26-9-11-27-12-10-26/h1-8,13-14H,9-12H2. The molecule has 5 rings (SSSR count). The number of hydrogen-bond donors (Lipinski definition) is 0. The van der Waals surface area contributed by atoms with Gasteiger partial charge in [-0.3, -0.25) is 0 Å². The lowest BCUT2D eigenvalue weighted by molar-refractivity contribution is 0.122. The van der Waals surface area contributed by atoms with Gasteiger partial charge in [0.05, 0.1) is 13.2 Å². The molecule has 3 heterocycles. The number of benzene rings is 2. The van der Waals surface area contributed by atoms with Crippen LogP contribution in [0.25, 0.3) is 33.7 Å². The minimum atomic E-state index is 0.588. The average molecular weight is 392 g/mol. The van der Waals surface area contributed by atoms with E-state index < -0.39 is 0 Å². The molecule has 5 nitrogen and oxygen atoms in total. The highest BCUT2D eigenvalue weighted by Crippen LogP contribution is 2.29. The zero-order valence-electron chi connectivity index (χ0n) is 15.1. The molecule has 0 saturated carbocycles. The zero-order chi connectivity index (χ0) is 18.9. The van der Waals surface area contributed by atoms with E-state index in [9.17, 15) is 0 Å². The average Bonchev–Trinajstić information content (AvgIpc) is 3.18. The molecule has 0 atom stereocenters. The van der Waals surface area contributed by atoms with Crippen LogP contribution in [0.15, 0.2) is 65.2 Å². The number of pyridine rings is 1. The normalized spacial score (nSPS) is 14.5. The largest absolute Gasteiger partial charge is 0.436 e. The summed E-state index contributed by atoms with van der Waals surface area (Å²) < 4.78 is 11.3. The highest BCUT2D eigenvalue weighted by atomic mass is 35.5. The summed E-state index contributed by atoms with van der Waals surface area (Å²) in [6, 6.07) is 17.6. The third kappa shape index (κ3) is 3.35. The van der Waals surface area contributed by atoms with Crippen molar-refractivity contribution < 1.29 is 9.15 Å². The lowest BCUT2D eigenvalue weighted by atomic mass is 10.1. The number of anilines is 1. The first-order chi connectivity index (χ1) is 13.8. The molecule has 0 unspecified atom stereocenters. The highest BCUT2D eigenvalue weighted by molar-refractivity contribution is 6.30. The minimum Gasteiger partial charge on any atom is -0.436 e. The van der Waals surface area contributed by atoms with Crippen LogP contribution in [0.5, 0.6) is 0 Å². The van der Waals surface area contributed by atoms with E-state index in [0.29, 0.717) is 10.9 Å². The Kier molecular flexibility index (Phi) is 4.47. The van der Waals surface area contributed by atoms with Crippen molar-refractivity contribution in [1.82, 2.24) is 9.97 Å². The third-order valence-corrected chi connectivity index (χ3v) is 5.15. The fourth-order valence-electron chi connectivity index (χ4n) is 3.36. The number of morpholine rings is 1. The van der Waals surface area contributed by atoms with E-state index in [4.69, 9.17) is 20.8 Å². The first-order valence-corrected chi connectivity index (χ1v) is 9.60. The lowest BCUT2D eigenvalue weighted by Crippen LogP contribution is -2.36. The van der Waals surface area contributed by atoms with E-state index in [1.165, 1.54) is 0 Å². The first-order valence-electron chi connectivity index (χ1n) is 9.22. The van der Waals surface area contributed by atoms with Crippen molar-refractivity contribution in [3.63, 3.8) is 0 Å². The molecule has 2 aromatic heterocycles. The van der Waals surface area contributed by atoms with Crippen molar-refractivity contribution >= 4 is 28.5 Å². The Hall–Kier alpha value is -2.89. The molecule has 0 amide bonds. The quantitative estimate of drug-likeness (QED) is 0.489. The van der Waals surface area contributed by atoms with Gasteiger partial charge in [0.25, 0.3) is 0 Å². The first kappa shape index (κ1) is 17.2. The van der Waals surface area contributed by atoms with Gasteiger partial charge in [0.1, 0.15) is 11.3 Å². The molecule has 1 saturated heterocycles. The fourth-order valence-corrected chi connectivity index (χ4v) is 3.49. The van der Waals surface area contributed by atoms with E-state index in [1.54, 1.807) is 0 Å². The predicted octanol–water partition coefficient (Wildman–Crippen LogP) is 5.05. The van der Waals surface area contributed by atoms with Gasteiger partial charge in [0, 0.05) is 35.4 Å². The number of oxazole rings is 1. The SMILES string of the molecule is Clc1ccc(-c2nc3cc(-c4ccc(N5CCOCC5)nc4)ccc3o2)cc1. The number of nitrogens with zero attached hydrogens (tertiary/aromatic N) is 3. The van der Waals surface area contributed by atoms with Crippen LogP contribution >= 0.6 is 11.6 Å². The molecule has 140 valence electrons. The number of hydrogen-bond acceptors (Lipinski definition) is 5. The Bertz CT molecular complexity index is 1100. The Labute approximate surface area is 167 Å². The monoisotopic (exact) mass is 391 g/mol. The predicted molar refractivity (Wildman–Crippen MR) is 111 cm³/mol. The van der Waals surface area contributed by atoms with E-state index in [0.717, 1.165) is 59.9 Å². The maximum absolute atomic E-state index is 5.96.